The van der Waals surface area contributed by atoms with Crippen molar-refractivity contribution in [3.8, 4) is 0 Å². The van der Waals surface area contributed by atoms with Crippen LogP contribution in [0.5, 0.6) is 0 Å². The van der Waals surface area contributed by atoms with E-state index in [0.717, 1.165) is 12.8 Å². The third kappa shape index (κ3) is 39.4. The molecule has 0 unspecified atom stereocenters. The second-order valence-corrected chi connectivity index (χ2v) is 8.28. The summed E-state index contributed by atoms with van der Waals surface area (Å²) in [6.07, 6.45) is 17.6. The predicted octanol–water partition coefficient (Wildman–Crippen LogP) is 6.04. The predicted molar refractivity (Wildman–Crippen MR) is 118 cm³/mol. The van der Waals surface area contributed by atoms with Gasteiger partial charge >= 0.3 is 10.4 Å². The van der Waals surface area contributed by atoms with Gasteiger partial charge in [0.1, 0.15) is 0 Å². The summed E-state index contributed by atoms with van der Waals surface area (Å²) in [5.41, 5.74) is 0. The largest absolute Gasteiger partial charge is 0.397 e. The summed E-state index contributed by atoms with van der Waals surface area (Å²) in [6, 6.07) is 0. The Hall–Kier alpha value is 0.310. The lowest BCUT2D eigenvalue weighted by molar-refractivity contribution is 0.261. The van der Waals surface area contributed by atoms with Crippen LogP contribution in [0.15, 0.2) is 0 Å². The average Bonchev–Trinajstić information content (AvgIpc) is 2.49. The first-order chi connectivity index (χ1) is 11.8. The summed E-state index contributed by atoms with van der Waals surface area (Å²) >= 11 is 0. The first-order valence-electron chi connectivity index (χ1n) is 10.0. The maximum atomic E-state index is 10.3. The molecule has 0 heterocycles. The number of halogens is 1. The van der Waals surface area contributed by atoms with Gasteiger partial charge < -0.3 is 4.90 Å². The van der Waals surface area contributed by atoms with Gasteiger partial charge in [-0.3, -0.25) is 4.55 Å². The molecule has 0 aromatic heterocycles. The van der Waals surface area contributed by atoms with E-state index in [0.29, 0.717) is 6.42 Å². The van der Waals surface area contributed by atoms with Crippen molar-refractivity contribution in [3.05, 3.63) is 0 Å². The zero-order valence-electron chi connectivity index (χ0n) is 17.5. The van der Waals surface area contributed by atoms with E-state index in [1.165, 1.54) is 70.6 Å². The lowest BCUT2D eigenvalue weighted by atomic mass is 10.0. The fourth-order valence-electron chi connectivity index (χ4n) is 2.46. The van der Waals surface area contributed by atoms with E-state index < -0.39 is 10.4 Å². The minimum absolute atomic E-state index is 0. The van der Waals surface area contributed by atoms with Gasteiger partial charge in [0.15, 0.2) is 0 Å². The van der Waals surface area contributed by atoms with Gasteiger partial charge in [-0.15, -0.1) is 17.0 Å². The molecule has 0 aliphatic heterocycles. The SMILES string of the molecule is Br.CCCCCCCCCCCCCCCCOS(=O)(=O)O.CN(C)C. The van der Waals surface area contributed by atoms with Crippen molar-refractivity contribution in [2.75, 3.05) is 27.7 Å². The third-order valence-electron chi connectivity index (χ3n) is 3.73. The van der Waals surface area contributed by atoms with Crippen LogP contribution >= 0.6 is 17.0 Å². The highest BCUT2D eigenvalue weighted by molar-refractivity contribution is 8.93. The Balaban J connectivity index is -0.000000951. The zero-order valence-corrected chi connectivity index (χ0v) is 20.1. The van der Waals surface area contributed by atoms with Crippen LogP contribution in [0.1, 0.15) is 96.8 Å². The van der Waals surface area contributed by atoms with Crippen LogP contribution in [0.3, 0.4) is 0 Å². The smallest absolute Gasteiger partial charge is 0.312 e. The number of hydrogen-bond acceptors (Lipinski definition) is 4. The molecule has 0 aliphatic rings. The van der Waals surface area contributed by atoms with Crippen LogP contribution in [-0.2, 0) is 14.6 Å². The molecule has 0 spiro atoms. The van der Waals surface area contributed by atoms with Crippen LogP contribution in [0.25, 0.3) is 0 Å². The summed E-state index contributed by atoms with van der Waals surface area (Å²) in [5.74, 6) is 0. The van der Waals surface area contributed by atoms with E-state index in [4.69, 9.17) is 4.55 Å². The summed E-state index contributed by atoms with van der Waals surface area (Å²) in [7, 11) is 1.76. The highest BCUT2D eigenvalue weighted by Gasteiger charge is 2.02. The topological polar surface area (TPSA) is 66.8 Å². The van der Waals surface area contributed by atoms with Crippen molar-refractivity contribution < 1.29 is 17.2 Å². The zero-order chi connectivity index (χ0) is 19.4. The van der Waals surface area contributed by atoms with Crippen LogP contribution < -0.4 is 0 Å². The molecule has 0 saturated carbocycles. The Morgan fingerprint density at radius 3 is 1.23 bits per heavy atom. The fraction of sp³-hybridized carbons (Fsp3) is 1.00. The normalized spacial score (nSPS) is 11.0. The van der Waals surface area contributed by atoms with Gasteiger partial charge in [0, 0.05) is 0 Å². The molecule has 162 valence electrons. The molecule has 0 aromatic carbocycles. The van der Waals surface area contributed by atoms with Crippen molar-refractivity contribution in [3.63, 3.8) is 0 Å². The van der Waals surface area contributed by atoms with Crippen LogP contribution in [0, 0.1) is 0 Å². The monoisotopic (exact) mass is 461 g/mol. The van der Waals surface area contributed by atoms with Crippen molar-refractivity contribution in [2.24, 2.45) is 0 Å². The van der Waals surface area contributed by atoms with Crippen molar-refractivity contribution in [2.45, 2.75) is 96.8 Å². The van der Waals surface area contributed by atoms with E-state index in [1.807, 2.05) is 26.0 Å². The second-order valence-electron chi connectivity index (χ2n) is 7.19. The lowest BCUT2D eigenvalue weighted by Gasteiger charge is -2.03. The Morgan fingerprint density at radius 1 is 0.692 bits per heavy atom. The second kappa shape index (κ2) is 23.3. The Morgan fingerprint density at radius 2 is 0.962 bits per heavy atom. The van der Waals surface area contributed by atoms with Gasteiger partial charge in [-0.1, -0.05) is 90.4 Å². The van der Waals surface area contributed by atoms with Crippen LogP contribution in [-0.4, -0.2) is 45.6 Å². The van der Waals surface area contributed by atoms with Crippen molar-refractivity contribution >= 4 is 27.4 Å². The molecule has 0 amide bonds. The molecule has 26 heavy (non-hydrogen) atoms. The van der Waals surface area contributed by atoms with Gasteiger partial charge in [0.25, 0.3) is 0 Å². The van der Waals surface area contributed by atoms with E-state index in [9.17, 15) is 8.42 Å². The molecule has 0 bridgehead atoms. The van der Waals surface area contributed by atoms with Gasteiger partial charge in [-0.25, -0.2) is 4.18 Å². The molecule has 0 atom stereocenters. The van der Waals surface area contributed by atoms with E-state index in [2.05, 4.69) is 11.1 Å². The molecule has 1 N–H and O–H groups in total. The summed E-state index contributed by atoms with van der Waals surface area (Å²) in [5, 5.41) is 0. The highest BCUT2D eigenvalue weighted by atomic mass is 79.9. The molecule has 5 nitrogen and oxygen atoms in total. The Bertz CT molecular complexity index is 349. The summed E-state index contributed by atoms with van der Waals surface area (Å²) in [6.45, 7) is 2.35. The molecule has 0 radical (unpaired) electrons. The Kier molecular flexibility index (Phi) is 27.9. The fourth-order valence-corrected chi connectivity index (χ4v) is 2.79. The molecular weight excluding hydrogens is 418 g/mol. The van der Waals surface area contributed by atoms with Crippen LogP contribution in [0.4, 0.5) is 0 Å². The van der Waals surface area contributed by atoms with Gasteiger partial charge in [-0.2, -0.15) is 8.42 Å². The van der Waals surface area contributed by atoms with E-state index >= 15 is 0 Å². The lowest BCUT2D eigenvalue weighted by Crippen LogP contribution is -2.04. The summed E-state index contributed by atoms with van der Waals surface area (Å²) < 4.78 is 33.2. The van der Waals surface area contributed by atoms with E-state index in [-0.39, 0.29) is 23.6 Å². The highest BCUT2D eigenvalue weighted by Crippen LogP contribution is 2.12. The van der Waals surface area contributed by atoms with Crippen molar-refractivity contribution in [1.82, 2.24) is 4.90 Å². The first kappa shape index (κ1) is 31.0. The number of rotatable bonds is 16. The van der Waals surface area contributed by atoms with Crippen LogP contribution in [0.2, 0.25) is 0 Å². The minimum atomic E-state index is -4.24. The number of hydrogen-bond donors (Lipinski definition) is 1. The third-order valence-corrected chi connectivity index (χ3v) is 4.19. The Labute approximate surface area is 174 Å². The molecule has 0 aliphatic carbocycles. The molecule has 0 fully saturated rings. The number of unbranched alkanes of at least 4 members (excludes halogenated alkanes) is 13. The van der Waals surface area contributed by atoms with Gasteiger partial charge in [0.05, 0.1) is 6.61 Å². The quantitative estimate of drug-likeness (QED) is 0.224. The molecule has 0 aromatic rings. The molecule has 0 saturated heterocycles. The average molecular weight is 463 g/mol. The maximum absolute atomic E-state index is 10.3. The molecular formula is C19H44BrNO4S. The molecule has 7 heteroatoms. The maximum Gasteiger partial charge on any atom is 0.397 e. The standard InChI is InChI=1S/C16H34O4S.C3H9N.BrH/c1-2-3-4-5-6-7-8-9-10-11-12-13-14-15-16-20-21(17,18)19;1-4(2)3;/h2-16H2,1H3,(H,17,18,19);1-3H3;1H. The summed E-state index contributed by atoms with van der Waals surface area (Å²) in [4.78, 5) is 2.00. The number of nitrogens with zero attached hydrogens (tertiary/aromatic N) is 1. The molecule has 0 rings (SSSR count). The van der Waals surface area contributed by atoms with Gasteiger partial charge in [-0.05, 0) is 27.6 Å². The van der Waals surface area contributed by atoms with Crippen molar-refractivity contribution in [1.29, 1.82) is 0 Å². The first-order valence-corrected chi connectivity index (χ1v) is 11.4. The minimum Gasteiger partial charge on any atom is -0.312 e. The van der Waals surface area contributed by atoms with Gasteiger partial charge in [0.2, 0.25) is 0 Å². The van der Waals surface area contributed by atoms with E-state index in [1.54, 1.807) is 0 Å².